The Hall–Kier alpha value is -2.41. The van der Waals surface area contributed by atoms with Crippen molar-refractivity contribution < 1.29 is 32.2 Å². The molecule has 12 heteroatoms. The lowest BCUT2D eigenvalue weighted by molar-refractivity contribution is -0.240. The van der Waals surface area contributed by atoms with E-state index in [1.54, 1.807) is 6.07 Å². The van der Waals surface area contributed by atoms with Crippen molar-refractivity contribution in [1.82, 2.24) is 9.62 Å². The van der Waals surface area contributed by atoms with E-state index >= 15 is 0 Å². The topological polar surface area (TPSA) is 107 Å². The molecule has 2 aromatic carbocycles. The molecule has 1 N–H and O–H groups in total. The third-order valence-corrected chi connectivity index (χ3v) is 14.7. The van der Waals surface area contributed by atoms with Crippen LogP contribution in [0.4, 0.5) is 5.69 Å². The Balaban J connectivity index is 1.27. The first kappa shape index (κ1) is 36.9. The van der Waals surface area contributed by atoms with Gasteiger partial charge in [0.2, 0.25) is 10.0 Å². The molecule has 0 aromatic heterocycles. The molecule has 51 heavy (non-hydrogen) atoms. The maximum absolute atomic E-state index is 13.8. The first-order valence-corrected chi connectivity index (χ1v) is 20.7. The van der Waals surface area contributed by atoms with E-state index in [1.807, 2.05) is 25.1 Å². The number of hydrogen-bond donors (Lipinski definition) is 1. The molecule has 3 aliphatic heterocycles. The number of nitrogens with one attached hydrogen (secondary N) is 1. The van der Waals surface area contributed by atoms with Gasteiger partial charge in [-0.3, -0.25) is 4.79 Å². The molecule has 2 aromatic rings. The molecule has 280 valence electrons. The quantitative estimate of drug-likeness (QED) is 0.425. The number of benzene rings is 2. The van der Waals surface area contributed by atoms with E-state index in [-0.39, 0.29) is 41.8 Å². The average Bonchev–Trinajstić information content (AvgIpc) is 3.24. The van der Waals surface area contributed by atoms with Crippen molar-refractivity contribution in [3.8, 4) is 5.75 Å². The lowest BCUT2D eigenvalue weighted by Gasteiger charge is -2.49. The summed E-state index contributed by atoms with van der Waals surface area (Å²) in [6.45, 7) is 5.22. The van der Waals surface area contributed by atoms with Crippen molar-refractivity contribution in [1.29, 1.82) is 0 Å². The summed E-state index contributed by atoms with van der Waals surface area (Å²) in [5.74, 6) is 0.812. The van der Waals surface area contributed by atoms with Crippen molar-refractivity contribution >= 4 is 33.2 Å². The van der Waals surface area contributed by atoms with Crippen molar-refractivity contribution in [2.75, 3.05) is 65.6 Å². The molecule has 2 aliphatic carbocycles. The van der Waals surface area contributed by atoms with E-state index in [1.165, 1.54) is 18.2 Å². The van der Waals surface area contributed by atoms with Gasteiger partial charge in [0.05, 0.1) is 38.2 Å². The van der Waals surface area contributed by atoms with Crippen LogP contribution in [0, 0.1) is 23.7 Å². The number of fused-ring (bicyclic) bond motifs is 4. The molecule has 6 atom stereocenters. The van der Waals surface area contributed by atoms with Crippen LogP contribution >= 0.6 is 11.6 Å². The second kappa shape index (κ2) is 15.1. The van der Waals surface area contributed by atoms with E-state index in [0.29, 0.717) is 43.8 Å². The Morgan fingerprint density at radius 2 is 1.84 bits per heavy atom. The summed E-state index contributed by atoms with van der Waals surface area (Å²) < 4.78 is 55.1. The number of carbonyl (C=O) groups excluding carboxylic acids is 1. The number of amides is 1. The molecule has 10 nitrogen and oxygen atoms in total. The maximum atomic E-state index is 13.8. The Kier molecular flexibility index (Phi) is 11.0. The lowest BCUT2D eigenvalue weighted by atomic mass is 9.64. The number of ether oxygens (including phenoxy) is 4. The number of aryl methyl sites for hydroxylation is 1. The number of anilines is 1. The SMILES string of the molecule is COC[C@@H]1[C@@H](C)CCC[C@@H]([C@H]2OC[C@@H](N(C)C)CO2)[C@@H]2CC[C@H]2CN2C[C@@]3(CCCc4cc(Cl)ccc43)COc3ccc(cc32)C(=O)NS1(=O)=O. The van der Waals surface area contributed by atoms with Crippen LogP contribution in [-0.4, -0.2) is 97.5 Å². The van der Waals surface area contributed by atoms with Crippen LogP contribution in [0.15, 0.2) is 36.4 Å². The Bertz CT molecular complexity index is 1680. The minimum Gasteiger partial charge on any atom is -0.490 e. The fraction of sp³-hybridized carbons (Fsp3) is 0.667. The predicted molar refractivity (Wildman–Crippen MR) is 198 cm³/mol. The van der Waals surface area contributed by atoms with Crippen molar-refractivity contribution in [2.45, 2.75) is 81.3 Å². The smallest absolute Gasteiger partial charge is 0.264 e. The molecule has 0 unspecified atom stereocenters. The van der Waals surface area contributed by atoms with Crippen LogP contribution in [0.2, 0.25) is 5.02 Å². The number of rotatable bonds is 4. The van der Waals surface area contributed by atoms with Gasteiger partial charge in [0.1, 0.15) is 11.0 Å². The number of carbonyl (C=O) groups is 1. The number of sulfonamides is 1. The number of halogens is 1. The lowest BCUT2D eigenvalue weighted by Crippen LogP contribution is -2.52. The van der Waals surface area contributed by atoms with Crippen LogP contribution in [0.3, 0.4) is 0 Å². The van der Waals surface area contributed by atoms with Crippen molar-refractivity contribution in [3.05, 3.63) is 58.1 Å². The number of hydrogen-bond acceptors (Lipinski definition) is 9. The minimum absolute atomic E-state index is 0.000741. The van der Waals surface area contributed by atoms with Crippen LogP contribution in [0.1, 0.15) is 73.4 Å². The molecular formula is C39H54ClN3O7S. The van der Waals surface area contributed by atoms with Crippen LogP contribution in [-0.2, 0) is 36.1 Å². The van der Waals surface area contributed by atoms with Gasteiger partial charge in [-0.25, -0.2) is 13.1 Å². The summed E-state index contributed by atoms with van der Waals surface area (Å²) in [6.07, 6.45) is 7.26. The van der Waals surface area contributed by atoms with Crippen LogP contribution < -0.4 is 14.4 Å². The Morgan fingerprint density at radius 1 is 1.04 bits per heavy atom. The summed E-state index contributed by atoms with van der Waals surface area (Å²) in [5.41, 5.74) is 3.40. The van der Waals surface area contributed by atoms with E-state index in [9.17, 15) is 13.2 Å². The highest BCUT2D eigenvalue weighted by molar-refractivity contribution is 7.90. The Morgan fingerprint density at radius 3 is 2.57 bits per heavy atom. The largest absolute Gasteiger partial charge is 0.490 e. The van der Waals surface area contributed by atoms with E-state index < -0.39 is 21.2 Å². The van der Waals surface area contributed by atoms with Gasteiger partial charge in [-0.05, 0) is 118 Å². The highest BCUT2D eigenvalue weighted by Gasteiger charge is 2.47. The summed E-state index contributed by atoms with van der Waals surface area (Å²) in [6, 6.07) is 11.8. The monoisotopic (exact) mass is 743 g/mol. The molecule has 1 amide bonds. The van der Waals surface area contributed by atoms with Gasteiger partial charge >= 0.3 is 0 Å². The van der Waals surface area contributed by atoms with Crippen molar-refractivity contribution in [2.24, 2.45) is 23.7 Å². The van der Waals surface area contributed by atoms with Gasteiger partial charge in [-0.15, -0.1) is 0 Å². The number of methoxy groups -OCH3 is 1. The fourth-order valence-corrected chi connectivity index (χ4v) is 11.2. The summed E-state index contributed by atoms with van der Waals surface area (Å²) >= 11 is 6.48. The molecule has 5 aliphatic rings. The molecular weight excluding hydrogens is 690 g/mol. The van der Waals surface area contributed by atoms with Gasteiger partial charge in [0, 0.05) is 42.1 Å². The van der Waals surface area contributed by atoms with Crippen molar-refractivity contribution in [3.63, 3.8) is 0 Å². The zero-order chi connectivity index (χ0) is 35.9. The number of nitrogens with zero attached hydrogens (tertiary/aromatic N) is 2. The molecule has 0 radical (unpaired) electrons. The first-order valence-electron chi connectivity index (χ1n) is 18.7. The van der Waals surface area contributed by atoms with E-state index in [4.69, 9.17) is 30.5 Å². The van der Waals surface area contributed by atoms with Gasteiger partial charge in [-0.1, -0.05) is 31.0 Å². The minimum atomic E-state index is -4.05. The molecule has 2 fully saturated rings. The van der Waals surface area contributed by atoms with Gasteiger partial charge in [0.15, 0.2) is 6.29 Å². The second-order valence-corrected chi connectivity index (χ2v) is 18.3. The zero-order valence-corrected chi connectivity index (χ0v) is 32.0. The zero-order valence-electron chi connectivity index (χ0n) is 30.4. The Labute approximate surface area is 308 Å². The molecule has 1 spiro atoms. The molecule has 2 bridgehead atoms. The highest BCUT2D eigenvalue weighted by Crippen LogP contribution is 2.49. The molecule has 1 saturated heterocycles. The van der Waals surface area contributed by atoms with Crippen LogP contribution in [0.25, 0.3) is 0 Å². The average molecular weight is 744 g/mol. The van der Waals surface area contributed by atoms with Gasteiger partial charge in [0.25, 0.3) is 5.91 Å². The maximum Gasteiger partial charge on any atom is 0.264 e. The van der Waals surface area contributed by atoms with Gasteiger partial charge in [-0.2, -0.15) is 0 Å². The standard InChI is InChI=1S/C39H54ClN3O7S/c1-25-7-5-9-32(38-48-20-30(21-49-38)42(2)3)31-13-10-28(31)19-43-23-39(16-6-8-26-17-29(40)12-14-33(26)39)24-50-35-15-11-27(18-34(35)43)37(44)41-51(45,46)36(25)22-47-4/h11-12,14-15,17-18,25,28,30-32,36,38H,5-10,13,16,19-24H2,1-4H3,(H,41,44)/t25-,28-,30-,31+,32+,36+,38+,39-/m0/s1. The first-order chi connectivity index (χ1) is 24.5. The van der Waals surface area contributed by atoms with Gasteiger partial charge < -0.3 is 28.7 Å². The second-order valence-electron chi connectivity index (χ2n) is 16.0. The van der Waals surface area contributed by atoms with E-state index in [2.05, 4.69) is 40.7 Å². The fourth-order valence-electron chi connectivity index (χ4n) is 9.38. The summed E-state index contributed by atoms with van der Waals surface area (Å²) in [4.78, 5) is 18.3. The summed E-state index contributed by atoms with van der Waals surface area (Å²) in [7, 11) is 1.56. The van der Waals surface area contributed by atoms with Crippen LogP contribution in [0.5, 0.6) is 5.75 Å². The normalized spacial score (nSPS) is 34.0. The molecule has 1 saturated carbocycles. The summed E-state index contributed by atoms with van der Waals surface area (Å²) in [5, 5.41) is -0.133. The molecule has 7 rings (SSSR count). The van der Waals surface area contributed by atoms with E-state index in [0.717, 1.165) is 68.7 Å². The number of likely N-dealkylation sites (N-methyl/N-ethyl adjacent to an activating group) is 1. The third-order valence-electron chi connectivity index (χ3n) is 12.6. The third kappa shape index (κ3) is 7.53. The molecule has 3 heterocycles. The predicted octanol–water partition coefficient (Wildman–Crippen LogP) is 5.65. The highest BCUT2D eigenvalue weighted by atomic mass is 35.5.